The van der Waals surface area contributed by atoms with Crippen LogP contribution < -0.4 is 10.5 Å². The quantitative estimate of drug-likeness (QED) is 0.799. The highest BCUT2D eigenvalue weighted by molar-refractivity contribution is 9.10. The van der Waals surface area contributed by atoms with E-state index in [1.54, 1.807) is 36.4 Å². The molecule has 0 saturated heterocycles. The van der Waals surface area contributed by atoms with Gasteiger partial charge >= 0.3 is 0 Å². The topological polar surface area (TPSA) is 81.8 Å². The van der Waals surface area contributed by atoms with Crippen molar-refractivity contribution in [2.45, 2.75) is 4.90 Å². The second-order valence-electron chi connectivity index (χ2n) is 4.19. The minimum Gasteiger partial charge on any atom is -0.438 e. The maximum Gasteiger partial charge on any atom is 0.286 e. The van der Waals surface area contributed by atoms with Gasteiger partial charge in [-0.2, -0.15) is 8.42 Å². The van der Waals surface area contributed by atoms with Crippen LogP contribution in [0.2, 0.25) is 0 Å². The molecule has 1 aliphatic rings. The Balaban J connectivity index is 2.04. The van der Waals surface area contributed by atoms with Crippen molar-refractivity contribution in [3.05, 3.63) is 52.5 Å². The average molecular weight is 353 g/mol. The Morgan fingerprint density at radius 1 is 1.15 bits per heavy atom. The van der Waals surface area contributed by atoms with E-state index in [0.717, 1.165) is 4.47 Å². The van der Waals surface area contributed by atoms with E-state index in [-0.39, 0.29) is 10.8 Å². The van der Waals surface area contributed by atoms with Crippen LogP contribution in [0.25, 0.3) is 0 Å². The molecule has 2 aromatic rings. The number of nitrogens with two attached hydrogens (primary N) is 1. The zero-order chi connectivity index (χ0) is 14.3. The van der Waals surface area contributed by atoms with Crippen molar-refractivity contribution >= 4 is 37.5 Å². The van der Waals surface area contributed by atoms with Crippen molar-refractivity contribution in [2.24, 2.45) is 4.40 Å². The predicted molar refractivity (Wildman–Crippen MR) is 79.3 cm³/mol. The van der Waals surface area contributed by atoms with Crippen LogP contribution in [-0.4, -0.2) is 14.3 Å². The monoisotopic (exact) mass is 352 g/mol. The number of halogens is 1. The SMILES string of the molecule is Nc1cc(Br)cc(OC2=NS(=O)(=O)c3ccccc32)c1. The van der Waals surface area contributed by atoms with E-state index < -0.39 is 10.0 Å². The minimum atomic E-state index is -3.68. The van der Waals surface area contributed by atoms with Gasteiger partial charge in [0.25, 0.3) is 10.0 Å². The molecule has 3 rings (SSSR count). The zero-order valence-electron chi connectivity index (χ0n) is 10.1. The summed E-state index contributed by atoms with van der Waals surface area (Å²) in [7, 11) is -3.68. The van der Waals surface area contributed by atoms with E-state index in [1.807, 2.05) is 0 Å². The normalized spacial score (nSPS) is 15.6. The average Bonchev–Trinajstić information content (AvgIpc) is 2.60. The molecular formula is C13H9BrN2O3S. The van der Waals surface area contributed by atoms with Gasteiger partial charge in [0.05, 0.1) is 5.56 Å². The van der Waals surface area contributed by atoms with Crippen LogP contribution in [0.5, 0.6) is 5.75 Å². The summed E-state index contributed by atoms with van der Waals surface area (Å²) in [5.41, 5.74) is 6.67. The summed E-state index contributed by atoms with van der Waals surface area (Å²) in [6.45, 7) is 0. The molecule has 102 valence electrons. The molecule has 2 N–H and O–H groups in total. The Bertz CT molecular complexity index is 811. The molecule has 7 heteroatoms. The Morgan fingerprint density at radius 3 is 2.65 bits per heavy atom. The maximum atomic E-state index is 11.9. The summed E-state index contributed by atoms with van der Waals surface area (Å²) in [6.07, 6.45) is 0. The highest BCUT2D eigenvalue weighted by atomic mass is 79.9. The minimum absolute atomic E-state index is 0.0538. The smallest absolute Gasteiger partial charge is 0.286 e. The summed E-state index contributed by atoms with van der Waals surface area (Å²) >= 11 is 3.30. The molecule has 0 atom stereocenters. The van der Waals surface area contributed by atoms with Crippen LogP contribution in [0.15, 0.2) is 56.2 Å². The standard InChI is InChI=1S/C13H9BrN2O3S/c14-8-5-9(15)7-10(6-8)19-13-11-3-1-2-4-12(11)20(17,18)16-13/h1-7H,15H2. The lowest BCUT2D eigenvalue weighted by Gasteiger charge is -2.06. The van der Waals surface area contributed by atoms with Crippen LogP contribution in [0.1, 0.15) is 5.56 Å². The number of nitrogens with zero attached hydrogens (tertiary/aromatic N) is 1. The van der Waals surface area contributed by atoms with Gasteiger partial charge in [-0.15, -0.1) is 4.40 Å². The first-order valence-electron chi connectivity index (χ1n) is 5.64. The highest BCUT2D eigenvalue weighted by Crippen LogP contribution is 2.29. The van der Waals surface area contributed by atoms with Gasteiger partial charge < -0.3 is 10.5 Å². The van der Waals surface area contributed by atoms with E-state index in [1.165, 1.54) is 6.07 Å². The van der Waals surface area contributed by atoms with E-state index in [4.69, 9.17) is 10.5 Å². The fraction of sp³-hybridized carbons (Fsp3) is 0. The van der Waals surface area contributed by atoms with E-state index in [2.05, 4.69) is 20.3 Å². The predicted octanol–water partition coefficient (Wildman–Crippen LogP) is 2.56. The molecule has 0 spiro atoms. The van der Waals surface area contributed by atoms with Gasteiger partial charge in [0.15, 0.2) is 0 Å². The Kier molecular flexibility index (Phi) is 3.02. The molecule has 0 aliphatic carbocycles. The molecule has 5 nitrogen and oxygen atoms in total. The molecule has 0 fully saturated rings. The lowest BCUT2D eigenvalue weighted by molar-refractivity contribution is 0.554. The van der Waals surface area contributed by atoms with Crippen molar-refractivity contribution < 1.29 is 13.2 Å². The molecule has 1 heterocycles. The van der Waals surface area contributed by atoms with Gasteiger partial charge in [-0.1, -0.05) is 28.1 Å². The summed E-state index contributed by atoms with van der Waals surface area (Å²) in [6, 6.07) is 11.5. The molecule has 0 unspecified atom stereocenters. The summed E-state index contributed by atoms with van der Waals surface area (Å²) in [5, 5.41) is 0. The number of ether oxygens (including phenoxy) is 1. The fourth-order valence-electron chi connectivity index (χ4n) is 1.90. The molecule has 1 aliphatic heterocycles. The van der Waals surface area contributed by atoms with Crippen LogP contribution in [0.3, 0.4) is 0 Å². The number of hydrogen-bond donors (Lipinski definition) is 1. The summed E-state index contributed by atoms with van der Waals surface area (Å²) < 4.78 is 33.7. The number of hydrogen-bond acceptors (Lipinski definition) is 4. The number of nitrogen functional groups attached to an aromatic ring is 1. The van der Waals surface area contributed by atoms with E-state index in [9.17, 15) is 8.42 Å². The van der Waals surface area contributed by atoms with Gasteiger partial charge in [0.2, 0.25) is 5.90 Å². The molecule has 0 bridgehead atoms. The lowest BCUT2D eigenvalue weighted by Crippen LogP contribution is -2.08. The molecule has 20 heavy (non-hydrogen) atoms. The molecule has 0 saturated carbocycles. The molecule has 2 aromatic carbocycles. The summed E-state index contributed by atoms with van der Waals surface area (Å²) in [5.74, 6) is 0.473. The highest BCUT2D eigenvalue weighted by Gasteiger charge is 2.30. The van der Waals surface area contributed by atoms with Crippen molar-refractivity contribution in [3.8, 4) is 5.75 Å². The first kappa shape index (κ1) is 13.1. The third kappa shape index (κ3) is 2.30. The number of anilines is 1. The van der Waals surface area contributed by atoms with E-state index in [0.29, 0.717) is 17.0 Å². The van der Waals surface area contributed by atoms with Crippen LogP contribution >= 0.6 is 15.9 Å². The van der Waals surface area contributed by atoms with Gasteiger partial charge in [-0.05, 0) is 24.3 Å². The first-order valence-corrected chi connectivity index (χ1v) is 7.87. The molecule has 0 amide bonds. The van der Waals surface area contributed by atoms with Crippen LogP contribution in [-0.2, 0) is 10.0 Å². The molecular weight excluding hydrogens is 344 g/mol. The summed E-state index contributed by atoms with van der Waals surface area (Å²) in [4.78, 5) is 0.151. The molecule has 0 radical (unpaired) electrons. The maximum absolute atomic E-state index is 11.9. The lowest BCUT2D eigenvalue weighted by atomic mass is 10.2. The third-order valence-corrected chi connectivity index (χ3v) is 4.48. The van der Waals surface area contributed by atoms with Crippen LogP contribution in [0, 0.1) is 0 Å². The molecule has 0 aromatic heterocycles. The third-order valence-electron chi connectivity index (χ3n) is 2.71. The number of rotatable bonds is 1. The van der Waals surface area contributed by atoms with Crippen molar-refractivity contribution in [3.63, 3.8) is 0 Å². The zero-order valence-corrected chi connectivity index (χ0v) is 12.5. The number of sulfonamides is 1. The number of benzene rings is 2. The second-order valence-corrected chi connectivity index (χ2v) is 6.68. The van der Waals surface area contributed by atoms with Gasteiger partial charge in [-0.25, -0.2) is 0 Å². The van der Waals surface area contributed by atoms with E-state index >= 15 is 0 Å². The first-order chi connectivity index (χ1) is 9.45. The second kappa shape index (κ2) is 4.60. The largest absolute Gasteiger partial charge is 0.438 e. The Hall–Kier alpha value is -1.86. The van der Waals surface area contributed by atoms with Crippen molar-refractivity contribution in [2.75, 3.05) is 5.73 Å². The Labute approximate surface area is 124 Å². The fourth-order valence-corrected chi connectivity index (χ4v) is 3.53. The van der Waals surface area contributed by atoms with Gasteiger partial charge in [0.1, 0.15) is 10.6 Å². The van der Waals surface area contributed by atoms with Gasteiger partial charge in [0, 0.05) is 16.2 Å². The van der Waals surface area contributed by atoms with Crippen molar-refractivity contribution in [1.82, 2.24) is 0 Å². The number of fused-ring (bicyclic) bond motifs is 1. The van der Waals surface area contributed by atoms with Crippen LogP contribution in [0.4, 0.5) is 5.69 Å². The Morgan fingerprint density at radius 2 is 1.90 bits per heavy atom. The van der Waals surface area contributed by atoms with Gasteiger partial charge in [-0.3, -0.25) is 0 Å². The van der Waals surface area contributed by atoms with Crippen molar-refractivity contribution in [1.29, 1.82) is 0 Å².